The number of hydrogen-bond donors (Lipinski definition) is 3. The Kier molecular flexibility index (Phi) is 2.55. The smallest absolute Gasteiger partial charge is 0.275 e. The first-order valence-electron chi connectivity index (χ1n) is 4.69. The van der Waals surface area contributed by atoms with Gasteiger partial charge in [-0.25, -0.2) is 0 Å². The minimum atomic E-state index is -0.333. The number of amides is 1. The number of H-pyrrole nitrogens is 1. The molecule has 0 saturated heterocycles. The summed E-state index contributed by atoms with van der Waals surface area (Å²) in [7, 11) is 0. The van der Waals surface area contributed by atoms with Crippen molar-refractivity contribution in [2.45, 2.75) is 6.92 Å². The zero-order valence-corrected chi connectivity index (χ0v) is 8.69. The zero-order chi connectivity index (χ0) is 11.5. The van der Waals surface area contributed by atoms with Crippen molar-refractivity contribution in [2.75, 3.05) is 11.1 Å². The number of anilines is 2. The molecule has 0 aromatic carbocycles. The Labute approximate surface area is 91.9 Å². The molecule has 2 heterocycles. The molecule has 2 aromatic rings. The summed E-state index contributed by atoms with van der Waals surface area (Å²) in [4.78, 5) is 15.8. The van der Waals surface area contributed by atoms with E-state index >= 15 is 0 Å². The number of aryl methyl sites for hydroxylation is 1. The number of nitrogens with one attached hydrogen (secondary N) is 2. The predicted molar refractivity (Wildman–Crippen MR) is 59.9 cm³/mol. The van der Waals surface area contributed by atoms with Crippen molar-refractivity contribution in [3.05, 3.63) is 35.9 Å². The van der Waals surface area contributed by atoms with Gasteiger partial charge in [0.1, 0.15) is 5.69 Å². The molecule has 0 bridgehead atoms. The van der Waals surface area contributed by atoms with Crippen molar-refractivity contribution in [3.8, 4) is 0 Å². The lowest BCUT2D eigenvalue weighted by atomic mass is 10.3. The van der Waals surface area contributed by atoms with Crippen LogP contribution in [0.3, 0.4) is 0 Å². The Morgan fingerprint density at radius 2 is 2.25 bits per heavy atom. The van der Waals surface area contributed by atoms with E-state index in [1.54, 1.807) is 12.3 Å². The molecule has 1 amide bonds. The Morgan fingerprint density at radius 1 is 1.44 bits per heavy atom. The number of rotatable bonds is 2. The van der Waals surface area contributed by atoms with Gasteiger partial charge in [0.15, 0.2) is 0 Å². The molecule has 0 spiro atoms. The second-order valence-corrected chi connectivity index (χ2v) is 3.34. The number of hydrogen-bond acceptors (Lipinski definition) is 4. The van der Waals surface area contributed by atoms with Crippen LogP contribution in [-0.4, -0.2) is 21.1 Å². The number of carbonyl (C=O) groups excluding carboxylic acids is 1. The minimum Gasteiger partial charge on any atom is -0.396 e. The fourth-order valence-electron chi connectivity index (χ4n) is 1.21. The second-order valence-electron chi connectivity index (χ2n) is 3.34. The fourth-order valence-corrected chi connectivity index (χ4v) is 1.21. The topological polar surface area (TPSA) is 96.7 Å². The molecule has 0 aliphatic heterocycles. The van der Waals surface area contributed by atoms with Crippen LogP contribution < -0.4 is 11.1 Å². The third-order valence-electron chi connectivity index (χ3n) is 2.06. The van der Waals surface area contributed by atoms with Crippen LogP contribution in [0.4, 0.5) is 11.4 Å². The van der Waals surface area contributed by atoms with E-state index in [1.807, 2.05) is 13.0 Å². The SMILES string of the molecule is Cc1ccc(NC(=O)c2[nH]ncc2N)cn1. The Balaban J connectivity index is 2.14. The third kappa shape index (κ3) is 2.00. The van der Waals surface area contributed by atoms with Gasteiger partial charge in [0, 0.05) is 5.69 Å². The average Bonchev–Trinajstić information content (AvgIpc) is 2.68. The molecular weight excluding hydrogens is 206 g/mol. The largest absolute Gasteiger partial charge is 0.396 e. The van der Waals surface area contributed by atoms with Crippen molar-refractivity contribution in [1.29, 1.82) is 0 Å². The molecule has 16 heavy (non-hydrogen) atoms. The van der Waals surface area contributed by atoms with Gasteiger partial charge in [-0.1, -0.05) is 0 Å². The minimum absolute atomic E-state index is 0.251. The van der Waals surface area contributed by atoms with Crippen molar-refractivity contribution >= 4 is 17.3 Å². The lowest BCUT2D eigenvalue weighted by Gasteiger charge is -2.03. The number of carbonyl (C=O) groups is 1. The summed E-state index contributed by atoms with van der Waals surface area (Å²) in [5.41, 5.74) is 7.62. The second kappa shape index (κ2) is 4.01. The summed E-state index contributed by atoms with van der Waals surface area (Å²) in [6, 6.07) is 3.58. The Morgan fingerprint density at radius 3 is 2.81 bits per heavy atom. The molecule has 0 saturated carbocycles. The molecule has 0 aliphatic rings. The summed E-state index contributed by atoms with van der Waals surface area (Å²) >= 11 is 0. The molecule has 0 fully saturated rings. The van der Waals surface area contributed by atoms with E-state index in [4.69, 9.17) is 5.73 Å². The van der Waals surface area contributed by atoms with E-state index in [0.29, 0.717) is 11.4 Å². The van der Waals surface area contributed by atoms with Gasteiger partial charge in [-0.05, 0) is 19.1 Å². The van der Waals surface area contributed by atoms with Crippen LogP contribution >= 0.6 is 0 Å². The van der Waals surface area contributed by atoms with E-state index in [9.17, 15) is 4.79 Å². The molecule has 0 aliphatic carbocycles. The summed E-state index contributed by atoms with van der Waals surface area (Å²) < 4.78 is 0. The first-order valence-corrected chi connectivity index (χ1v) is 4.69. The van der Waals surface area contributed by atoms with Crippen LogP contribution in [0, 0.1) is 6.92 Å². The Bertz CT molecular complexity index is 502. The van der Waals surface area contributed by atoms with Crippen molar-refractivity contribution in [2.24, 2.45) is 0 Å². The first-order chi connectivity index (χ1) is 7.66. The molecule has 0 atom stereocenters. The van der Waals surface area contributed by atoms with E-state index in [-0.39, 0.29) is 11.6 Å². The molecule has 2 rings (SSSR count). The summed E-state index contributed by atoms with van der Waals surface area (Å²) in [5, 5.41) is 8.86. The van der Waals surface area contributed by atoms with Crippen molar-refractivity contribution < 1.29 is 4.79 Å². The van der Waals surface area contributed by atoms with Crippen LogP contribution in [0.1, 0.15) is 16.2 Å². The summed E-state index contributed by atoms with van der Waals surface area (Å²) in [6.07, 6.45) is 2.97. The highest BCUT2D eigenvalue weighted by molar-refractivity contribution is 6.05. The molecule has 4 N–H and O–H groups in total. The van der Waals surface area contributed by atoms with Crippen molar-refractivity contribution in [3.63, 3.8) is 0 Å². The van der Waals surface area contributed by atoms with E-state index < -0.39 is 0 Å². The van der Waals surface area contributed by atoms with Crippen LogP contribution in [-0.2, 0) is 0 Å². The standard InChI is InChI=1S/C10H11N5O/c1-6-2-3-7(4-12-6)14-10(16)9-8(11)5-13-15-9/h2-5H,11H2,1H3,(H,13,15)(H,14,16). The normalized spacial score (nSPS) is 10.1. The van der Waals surface area contributed by atoms with Gasteiger partial charge in [-0.2, -0.15) is 5.10 Å². The fraction of sp³-hybridized carbons (Fsp3) is 0.100. The van der Waals surface area contributed by atoms with Gasteiger partial charge < -0.3 is 11.1 Å². The lowest BCUT2D eigenvalue weighted by Crippen LogP contribution is -2.14. The monoisotopic (exact) mass is 217 g/mol. The van der Waals surface area contributed by atoms with Gasteiger partial charge in [-0.3, -0.25) is 14.9 Å². The lowest BCUT2D eigenvalue weighted by molar-refractivity contribution is 0.102. The number of nitrogens with zero attached hydrogens (tertiary/aromatic N) is 2. The number of aromatic amines is 1. The zero-order valence-electron chi connectivity index (χ0n) is 8.69. The maximum Gasteiger partial charge on any atom is 0.275 e. The maximum atomic E-state index is 11.7. The van der Waals surface area contributed by atoms with Gasteiger partial charge in [0.25, 0.3) is 5.91 Å². The molecule has 6 nitrogen and oxygen atoms in total. The first kappa shape index (κ1) is 10.2. The van der Waals surface area contributed by atoms with Crippen LogP contribution in [0.2, 0.25) is 0 Å². The molecular formula is C10H11N5O. The molecule has 6 heteroatoms. The van der Waals surface area contributed by atoms with Crippen LogP contribution in [0.25, 0.3) is 0 Å². The maximum absolute atomic E-state index is 11.7. The summed E-state index contributed by atoms with van der Waals surface area (Å²) in [6.45, 7) is 1.87. The van der Waals surface area contributed by atoms with Gasteiger partial charge in [0.2, 0.25) is 0 Å². The van der Waals surface area contributed by atoms with Crippen LogP contribution in [0.15, 0.2) is 24.5 Å². The Hall–Kier alpha value is -2.37. The number of aromatic nitrogens is 3. The van der Waals surface area contributed by atoms with E-state index in [0.717, 1.165) is 5.69 Å². The van der Waals surface area contributed by atoms with Crippen molar-refractivity contribution in [1.82, 2.24) is 15.2 Å². The van der Waals surface area contributed by atoms with Gasteiger partial charge >= 0.3 is 0 Å². The number of nitrogens with two attached hydrogens (primary N) is 1. The van der Waals surface area contributed by atoms with Gasteiger partial charge in [0.05, 0.1) is 23.8 Å². The average molecular weight is 217 g/mol. The number of nitrogen functional groups attached to an aromatic ring is 1. The third-order valence-corrected chi connectivity index (χ3v) is 2.06. The van der Waals surface area contributed by atoms with E-state index in [1.165, 1.54) is 6.20 Å². The summed E-state index contributed by atoms with van der Waals surface area (Å²) in [5.74, 6) is -0.333. The molecule has 2 aromatic heterocycles. The van der Waals surface area contributed by atoms with E-state index in [2.05, 4.69) is 20.5 Å². The molecule has 0 unspecified atom stereocenters. The van der Waals surface area contributed by atoms with Gasteiger partial charge in [-0.15, -0.1) is 0 Å². The number of pyridine rings is 1. The highest BCUT2D eigenvalue weighted by atomic mass is 16.2. The molecule has 0 radical (unpaired) electrons. The van der Waals surface area contributed by atoms with Crippen LogP contribution in [0.5, 0.6) is 0 Å². The quantitative estimate of drug-likeness (QED) is 0.697. The highest BCUT2D eigenvalue weighted by Crippen LogP contribution is 2.11. The predicted octanol–water partition coefficient (Wildman–Crippen LogP) is 0.948. The molecule has 82 valence electrons. The highest BCUT2D eigenvalue weighted by Gasteiger charge is 2.11.